The first-order valence-corrected chi connectivity index (χ1v) is 7.89. The summed E-state index contributed by atoms with van der Waals surface area (Å²) in [5, 5.41) is 0. The molecule has 2 fully saturated rings. The van der Waals surface area contributed by atoms with Crippen LogP contribution in [0.4, 0.5) is 0 Å². The fraction of sp³-hybridized carbons (Fsp3) is 0.611. The summed E-state index contributed by atoms with van der Waals surface area (Å²) >= 11 is 0. The maximum atomic E-state index is 12.8. The molecule has 102 valence electrons. The fourth-order valence-corrected chi connectivity index (χ4v) is 3.69. The number of Topliss-reactive ketones (excluding diaryl/α,β-unsaturated/α-hetero) is 1. The van der Waals surface area contributed by atoms with Gasteiger partial charge >= 0.3 is 0 Å². The van der Waals surface area contributed by atoms with Crippen LogP contribution < -0.4 is 0 Å². The Hall–Kier alpha value is -1.11. The van der Waals surface area contributed by atoms with Gasteiger partial charge in [0.15, 0.2) is 5.78 Å². The summed E-state index contributed by atoms with van der Waals surface area (Å²) in [5.74, 6) is 2.08. The van der Waals surface area contributed by atoms with Gasteiger partial charge in [-0.25, -0.2) is 0 Å². The summed E-state index contributed by atoms with van der Waals surface area (Å²) in [6.45, 7) is 2.29. The number of benzene rings is 1. The zero-order valence-electron chi connectivity index (χ0n) is 11.9. The van der Waals surface area contributed by atoms with Crippen molar-refractivity contribution in [2.24, 2.45) is 11.8 Å². The van der Waals surface area contributed by atoms with Gasteiger partial charge in [-0.05, 0) is 43.1 Å². The molecule has 0 saturated heterocycles. The van der Waals surface area contributed by atoms with E-state index in [1.54, 1.807) is 0 Å². The lowest BCUT2D eigenvalue weighted by Crippen LogP contribution is -2.24. The first-order valence-electron chi connectivity index (χ1n) is 7.89. The normalized spacial score (nSPS) is 27.8. The molecule has 1 aromatic rings. The lowest BCUT2D eigenvalue weighted by Gasteiger charge is -2.30. The average molecular weight is 256 g/mol. The highest BCUT2D eigenvalue weighted by Crippen LogP contribution is 2.39. The summed E-state index contributed by atoms with van der Waals surface area (Å²) < 4.78 is 0. The summed E-state index contributed by atoms with van der Waals surface area (Å²) in [5.41, 5.74) is 2.36. The summed E-state index contributed by atoms with van der Waals surface area (Å²) in [6, 6.07) is 8.37. The fourth-order valence-electron chi connectivity index (χ4n) is 3.69. The highest BCUT2D eigenvalue weighted by molar-refractivity contribution is 5.99. The van der Waals surface area contributed by atoms with Crippen molar-refractivity contribution in [3.8, 4) is 0 Å². The van der Waals surface area contributed by atoms with Gasteiger partial charge in [0, 0.05) is 11.5 Å². The first-order chi connectivity index (χ1) is 9.25. The average Bonchev–Trinajstić information content (AvgIpc) is 2.37. The van der Waals surface area contributed by atoms with Crippen LogP contribution in [0.3, 0.4) is 0 Å². The third-order valence-electron chi connectivity index (χ3n) is 5.08. The summed E-state index contributed by atoms with van der Waals surface area (Å²) in [4.78, 5) is 12.8. The van der Waals surface area contributed by atoms with Crippen molar-refractivity contribution < 1.29 is 4.79 Å². The van der Waals surface area contributed by atoms with E-state index in [0.29, 0.717) is 11.7 Å². The molecule has 2 saturated carbocycles. The predicted molar refractivity (Wildman–Crippen MR) is 78.5 cm³/mol. The van der Waals surface area contributed by atoms with Crippen LogP contribution in [0.2, 0.25) is 0 Å². The Morgan fingerprint density at radius 1 is 1.05 bits per heavy atom. The van der Waals surface area contributed by atoms with E-state index in [1.165, 1.54) is 37.7 Å². The van der Waals surface area contributed by atoms with E-state index in [-0.39, 0.29) is 5.92 Å². The molecule has 0 aliphatic heterocycles. The van der Waals surface area contributed by atoms with E-state index in [2.05, 4.69) is 25.1 Å². The van der Waals surface area contributed by atoms with Gasteiger partial charge in [0.05, 0.1) is 0 Å². The lowest BCUT2D eigenvalue weighted by atomic mass is 9.74. The molecule has 0 heterocycles. The third kappa shape index (κ3) is 2.61. The van der Waals surface area contributed by atoms with Gasteiger partial charge in [0.1, 0.15) is 0 Å². The number of carbonyl (C=O) groups is 1. The minimum absolute atomic E-state index is 0.282. The molecule has 0 bridgehead atoms. The van der Waals surface area contributed by atoms with Crippen molar-refractivity contribution in [1.29, 1.82) is 0 Å². The van der Waals surface area contributed by atoms with Crippen LogP contribution in [0, 0.1) is 11.8 Å². The van der Waals surface area contributed by atoms with E-state index in [9.17, 15) is 4.79 Å². The molecule has 2 atom stereocenters. The van der Waals surface area contributed by atoms with Crippen LogP contribution in [0.1, 0.15) is 73.7 Å². The Bertz CT molecular complexity index is 459. The molecule has 0 spiro atoms. The standard InChI is InChI=1S/C18H24O/c1-13-6-4-9-15(12-13)18(19)17-11-3-2-10-16(17)14-7-5-8-14/h2-3,10-11,13-15H,4-9,12H2,1H3. The molecule has 1 nitrogen and oxygen atoms in total. The molecule has 1 aromatic carbocycles. The molecule has 2 unspecified atom stereocenters. The topological polar surface area (TPSA) is 17.1 Å². The van der Waals surface area contributed by atoms with Gasteiger partial charge in [-0.2, -0.15) is 0 Å². The molecule has 0 aromatic heterocycles. The van der Waals surface area contributed by atoms with Crippen molar-refractivity contribution in [3.05, 3.63) is 35.4 Å². The molecule has 2 aliphatic rings. The van der Waals surface area contributed by atoms with E-state index in [4.69, 9.17) is 0 Å². The SMILES string of the molecule is CC1CCCC(C(=O)c2ccccc2C2CCC2)C1. The van der Waals surface area contributed by atoms with Crippen molar-refractivity contribution >= 4 is 5.78 Å². The maximum absolute atomic E-state index is 12.8. The van der Waals surface area contributed by atoms with Gasteiger partial charge < -0.3 is 0 Å². The van der Waals surface area contributed by atoms with Crippen LogP contribution >= 0.6 is 0 Å². The molecule has 3 rings (SSSR count). The zero-order valence-corrected chi connectivity index (χ0v) is 11.9. The number of rotatable bonds is 3. The quantitative estimate of drug-likeness (QED) is 0.698. The van der Waals surface area contributed by atoms with Crippen LogP contribution in [0.15, 0.2) is 24.3 Å². The van der Waals surface area contributed by atoms with E-state index in [0.717, 1.165) is 24.3 Å². The molecule has 1 heteroatoms. The smallest absolute Gasteiger partial charge is 0.166 e. The number of carbonyl (C=O) groups excluding carboxylic acids is 1. The predicted octanol–water partition coefficient (Wildman–Crippen LogP) is 4.96. The Morgan fingerprint density at radius 2 is 1.79 bits per heavy atom. The summed E-state index contributed by atoms with van der Waals surface area (Å²) in [6.07, 6.45) is 8.58. The second kappa shape index (κ2) is 5.48. The highest BCUT2D eigenvalue weighted by atomic mass is 16.1. The molecule has 19 heavy (non-hydrogen) atoms. The Morgan fingerprint density at radius 3 is 2.47 bits per heavy atom. The molecule has 0 radical (unpaired) electrons. The monoisotopic (exact) mass is 256 g/mol. The van der Waals surface area contributed by atoms with Crippen LogP contribution in [-0.4, -0.2) is 5.78 Å². The van der Waals surface area contributed by atoms with E-state index in [1.807, 2.05) is 6.07 Å². The number of ketones is 1. The van der Waals surface area contributed by atoms with Crippen molar-refractivity contribution in [2.75, 3.05) is 0 Å². The van der Waals surface area contributed by atoms with E-state index >= 15 is 0 Å². The largest absolute Gasteiger partial charge is 0.294 e. The first kappa shape index (κ1) is 12.9. The second-order valence-corrected chi connectivity index (χ2v) is 6.55. The maximum Gasteiger partial charge on any atom is 0.166 e. The van der Waals surface area contributed by atoms with Crippen LogP contribution in [0.25, 0.3) is 0 Å². The van der Waals surface area contributed by atoms with Gasteiger partial charge in [-0.15, -0.1) is 0 Å². The van der Waals surface area contributed by atoms with Gasteiger partial charge in [-0.3, -0.25) is 4.79 Å². The minimum Gasteiger partial charge on any atom is -0.294 e. The number of hydrogen-bond donors (Lipinski definition) is 0. The Labute approximate surface area is 116 Å². The van der Waals surface area contributed by atoms with Gasteiger partial charge in [0.2, 0.25) is 0 Å². The minimum atomic E-state index is 0.282. The molecule has 2 aliphatic carbocycles. The van der Waals surface area contributed by atoms with Gasteiger partial charge in [-0.1, -0.05) is 50.5 Å². The third-order valence-corrected chi connectivity index (χ3v) is 5.08. The molecule has 0 N–H and O–H groups in total. The number of hydrogen-bond acceptors (Lipinski definition) is 1. The van der Waals surface area contributed by atoms with Crippen molar-refractivity contribution in [3.63, 3.8) is 0 Å². The summed E-state index contributed by atoms with van der Waals surface area (Å²) in [7, 11) is 0. The van der Waals surface area contributed by atoms with E-state index < -0.39 is 0 Å². The Kier molecular flexibility index (Phi) is 3.72. The van der Waals surface area contributed by atoms with Crippen molar-refractivity contribution in [2.45, 2.75) is 57.8 Å². The molecular formula is C18H24O. The lowest BCUT2D eigenvalue weighted by molar-refractivity contribution is 0.0866. The molecule has 0 amide bonds. The van der Waals surface area contributed by atoms with Crippen LogP contribution in [0.5, 0.6) is 0 Å². The van der Waals surface area contributed by atoms with Crippen LogP contribution in [-0.2, 0) is 0 Å². The van der Waals surface area contributed by atoms with Gasteiger partial charge in [0.25, 0.3) is 0 Å². The second-order valence-electron chi connectivity index (χ2n) is 6.55. The highest BCUT2D eigenvalue weighted by Gasteiger charge is 2.29. The van der Waals surface area contributed by atoms with Crippen molar-refractivity contribution in [1.82, 2.24) is 0 Å². The molecular weight excluding hydrogens is 232 g/mol. The zero-order chi connectivity index (χ0) is 13.2. The Balaban J connectivity index is 1.82.